The topological polar surface area (TPSA) is 69.7 Å². The number of benzene rings is 2. The van der Waals surface area contributed by atoms with Gasteiger partial charge in [-0.05, 0) is 36.1 Å². The Labute approximate surface area is 168 Å². The molecular weight excluding hydrogens is 376 g/mol. The third-order valence-electron chi connectivity index (χ3n) is 4.57. The van der Waals surface area contributed by atoms with Gasteiger partial charge in [0.1, 0.15) is 22.8 Å². The molecule has 0 aliphatic carbocycles. The number of nitrogens with zero attached hydrogens (tertiary/aromatic N) is 1. The van der Waals surface area contributed by atoms with Crippen LogP contribution in [0.4, 0.5) is 5.13 Å². The average Bonchev–Trinajstić information content (AvgIpc) is 3.13. The van der Waals surface area contributed by atoms with E-state index >= 15 is 0 Å². The van der Waals surface area contributed by atoms with Crippen molar-refractivity contribution >= 4 is 32.6 Å². The molecule has 28 heavy (non-hydrogen) atoms. The van der Waals surface area contributed by atoms with E-state index in [2.05, 4.69) is 24.1 Å². The number of methoxy groups -OCH3 is 2. The molecule has 1 amide bonds. The summed E-state index contributed by atoms with van der Waals surface area (Å²) in [6, 6.07) is 11.5. The molecule has 148 valence electrons. The Morgan fingerprint density at radius 2 is 1.89 bits per heavy atom. The number of thiazole rings is 1. The molecule has 3 rings (SSSR count). The van der Waals surface area contributed by atoms with Crippen molar-refractivity contribution in [1.29, 1.82) is 0 Å². The number of ether oxygens (including phenoxy) is 3. The highest BCUT2D eigenvalue weighted by atomic mass is 32.1. The van der Waals surface area contributed by atoms with Gasteiger partial charge in [0.2, 0.25) is 0 Å². The summed E-state index contributed by atoms with van der Waals surface area (Å²) in [5.41, 5.74) is 1.95. The summed E-state index contributed by atoms with van der Waals surface area (Å²) in [5, 5.41) is 3.26. The molecule has 0 saturated heterocycles. The highest BCUT2D eigenvalue weighted by molar-refractivity contribution is 7.22. The Kier molecular flexibility index (Phi) is 6.36. The molecule has 2 aromatic carbocycles. The minimum Gasteiger partial charge on any atom is -0.497 e. The van der Waals surface area contributed by atoms with E-state index in [1.54, 1.807) is 20.3 Å². The van der Waals surface area contributed by atoms with Gasteiger partial charge in [0.25, 0.3) is 5.91 Å². The Balaban J connectivity index is 1.63. The second-order valence-electron chi connectivity index (χ2n) is 6.41. The number of hydrogen-bond acceptors (Lipinski definition) is 6. The number of carbonyl (C=O) groups excluding carboxylic acids is 1. The van der Waals surface area contributed by atoms with Crippen molar-refractivity contribution in [1.82, 2.24) is 4.98 Å². The number of rotatable bonds is 8. The summed E-state index contributed by atoms with van der Waals surface area (Å²) >= 11 is 1.36. The number of nitrogens with one attached hydrogen (secondary N) is 1. The van der Waals surface area contributed by atoms with Crippen LogP contribution in [0.2, 0.25) is 0 Å². The number of carbonyl (C=O) groups is 1. The second kappa shape index (κ2) is 8.93. The van der Waals surface area contributed by atoms with Crippen LogP contribution >= 0.6 is 11.3 Å². The Bertz CT molecular complexity index is 953. The first-order valence-corrected chi connectivity index (χ1v) is 9.90. The molecule has 0 bridgehead atoms. The van der Waals surface area contributed by atoms with Crippen molar-refractivity contribution < 1.29 is 19.0 Å². The highest BCUT2D eigenvalue weighted by Crippen LogP contribution is 2.36. The molecule has 1 heterocycles. The first-order chi connectivity index (χ1) is 13.5. The largest absolute Gasteiger partial charge is 0.497 e. The van der Waals surface area contributed by atoms with E-state index in [9.17, 15) is 4.79 Å². The minimum absolute atomic E-state index is 0.0843. The maximum atomic E-state index is 12.2. The van der Waals surface area contributed by atoms with E-state index in [1.165, 1.54) is 16.9 Å². The Morgan fingerprint density at radius 3 is 2.54 bits per heavy atom. The van der Waals surface area contributed by atoms with Gasteiger partial charge < -0.3 is 14.2 Å². The average molecular weight is 401 g/mol. The van der Waals surface area contributed by atoms with E-state index in [-0.39, 0.29) is 12.5 Å². The van der Waals surface area contributed by atoms with Gasteiger partial charge in [-0.2, -0.15) is 0 Å². The first kappa shape index (κ1) is 19.9. The fraction of sp³-hybridized carbons (Fsp3) is 0.333. The standard InChI is InChI=1S/C21H24N2O4S/c1-5-13(2)14-6-8-15(9-7-14)27-12-19(24)22-21-23-20-17(26-4)10-16(25-3)11-18(20)28-21/h6-11,13H,5,12H2,1-4H3,(H,22,23,24). The van der Waals surface area contributed by atoms with Gasteiger partial charge in [0.15, 0.2) is 11.7 Å². The first-order valence-electron chi connectivity index (χ1n) is 9.09. The number of aromatic nitrogens is 1. The third-order valence-corrected chi connectivity index (χ3v) is 5.48. The quantitative estimate of drug-likeness (QED) is 0.586. The van der Waals surface area contributed by atoms with Gasteiger partial charge in [0.05, 0.1) is 18.9 Å². The molecule has 7 heteroatoms. The lowest BCUT2D eigenvalue weighted by Crippen LogP contribution is -2.20. The van der Waals surface area contributed by atoms with Gasteiger partial charge >= 0.3 is 0 Å². The molecule has 3 aromatic rings. The van der Waals surface area contributed by atoms with Crippen LogP contribution in [0.5, 0.6) is 17.2 Å². The summed E-state index contributed by atoms with van der Waals surface area (Å²) in [5.74, 6) is 2.18. The summed E-state index contributed by atoms with van der Waals surface area (Å²) in [7, 11) is 3.17. The molecule has 0 fully saturated rings. The van der Waals surface area contributed by atoms with E-state index in [0.29, 0.717) is 33.8 Å². The van der Waals surface area contributed by atoms with Crippen molar-refractivity contribution in [2.75, 3.05) is 26.1 Å². The molecule has 1 aromatic heterocycles. The molecule has 6 nitrogen and oxygen atoms in total. The van der Waals surface area contributed by atoms with Gasteiger partial charge in [-0.1, -0.05) is 37.3 Å². The maximum absolute atomic E-state index is 12.2. The lowest BCUT2D eigenvalue weighted by Gasteiger charge is -2.10. The van der Waals surface area contributed by atoms with Crippen molar-refractivity contribution in [2.45, 2.75) is 26.2 Å². The van der Waals surface area contributed by atoms with Crippen LogP contribution in [0.1, 0.15) is 31.7 Å². The van der Waals surface area contributed by atoms with Gasteiger partial charge in [-0.3, -0.25) is 10.1 Å². The molecule has 0 spiro atoms. The lowest BCUT2D eigenvalue weighted by molar-refractivity contribution is -0.118. The third kappa shape index (κ3) is 4.54. The summed E-state index contributed by atoms with van der Waals surface area (Å²) < 4.78 is 17.1. The molecule has 1 unspecified atom stereocenters. The molecule has 1 N–H and O–H groups in total. The van der Waals surface area contributed by atoms with Crippen molar-refractivity contribution in [2.24, 2.45) is 0 Å². The zero-order chi connectivity index (χ0) is 20.1. The molecule has 0 aliphatic rings. The van der Waals surface area contributed by atoms with Crippen LogP contribution in [-0.2, 0) is 4.79 Å². The van der Waals surface area contributed by atoms with Crippen LogP contribution < -0.4 is 19.5 Å². The Morgan fingerprint density at radius 1 is 1.14 bits per heavy atom. The normalized spacial score (nSPS) is 11.9. The van der Waals surface area contributed by atoms with Crippen LogP contribution in [0.25, 0.3) is 10.2 Å². The van der Waals surface area contributed by atoms with E-state index in [0.717, 1.165) is 11.1 Å². The van der Waals surface area contributed by atoms with E-state index in [4.69, 9.17) is 14.2 Å². The smallest absolute Gasteiger partial charge is 0.264 e. The van der Waals surface area contributed by atoms with Crippen molar-refractivity contribution in [3.05, 3.63) is 42.0 Å². The summed E-state index contributed by atoms with van der Waals surface area (Å²) in [6.45, 7) is 4.26. The van der Waals surface area contributed by atoms with Gasteiger partial charge in [0, 0.05) is 6.07 Å². The van der Waals surface area contributed by atoms with Crippen LogP contribution in [0.3, 0.4) is 0 Å². The minimum atomic E-state index is -0.268. The molecule has 0 radical (unpaired) electrons. The fourth-order valence-corrected chi connectivity index (χ4v) is 3.66. The molecular formula is C21H24N2O4S. The number of amides is 1. The Hall–Kier alpha value is -2.80. The predicted molar refractivity (Wildman–Crippen MR) is 112 cm³/mol. The van der Waals surface area contributed by atoms with Gasteiger partial charge in [-0.15, -0.1) is 0 Å². The maximum Gasteiger partial charge on any atom is 0.264 e. The molecule has 0 saturated carbocycles. The van der Waals surface area contributed by atoms with Crippen LogP contribution in [0.15, 0.2) is 36.4 Å². The summed E-state index contributed by atoms with van der Waals surface area (Å²) in [4.78, 5) is 16.7. The summed E-state index contributed by atoms with van der Waals surface area (Å²) in [6.07, 6.45) is 1.08. The molecule has 1 atom stereocenters. The number of hydrogen-bond donors (Lipinski definition) is 1. The zero-order valence-electron chi connectivity index (χ0n) is 16.4. The predicted octanol–water partition coefficient (Wildman–Crippen LogP) is 4.84. The van der Waals surface area contributed by atoms with Crippen molar-refractivity contribution in [3.8, 4) is 17.2 Å². The second-order valence-corrected chi connectivity index (χ2v) is 7.44. The van der Waals surface area contributed by atoms with E-state index < -0.39 is 0 Å². The zero-order valence-corrected chi connectivity index (χ0v) is 17.3. The highest BCUT2D eigenvalue weighted by Gasteiger charge is 2.14. The SMILES string of the molecule is CCC(C)c1ccc(OCC(=O)Nc2nc3c(OC)cc(OC)cc3s2)cc1. The number of anilines is 1. The fourth-order valence-electron chi connectivity index (χ4n) is 2.73. The number of fused-ring (bicyclic) bond motifs is 1. The monoisotopic (exact) mass is 400 g/mol. The van der Waals surface area contributed by atoms with Crippen LogP contribution in [0, 0.1) is 0 Å². The van der Waals surface area contributed by atoms with E-state index in [1.807, 2.05) is 30.3 Å². The van der Waals surface area contributed by atoms with Crippen molar-refractivity contribution in [3.63, 3.8) is 0 Å². The van der Waals surface area contributed by atoms with Crippen LogP contribution in [-0.4, -0.2) is 31.7 Å². The molecule has 0 aliphatic heterocycles. The lowest BCUT2D eigenvalue weighted by atomic mass is 9.99. The van der Waals surface area contributed by atoms with Gasteiger partial charge in [-0.25, -0.2) is 4.98 Å².